The number of aromatic nitrogens is 1. The third kappa shape index (κ3) is 5.87. The summed E-state index contributed by atoms with van der Waals surface area (Å²) in [6.45, 7) is 19.2. The lowest BCUT2D eigenvalue weighted by molar-refractivity contribution is 0.169. The summed E-state index contributed by atoms with van der Waals surface area (Å²) >= 11 is 0. The predicted octanol–water partition coefficient (Wildman–Crippen LogP) is 2.63. The molecular formula is C19H34N4. The summed E-state index contributed by atoms with van der Waals surface area (Å²) < 4.78 is 0. The molecule has 0 amide bonds. The van der Waals surface area contributed by atoms with E-state index >= 15 is 0 Å². The van der Waals surface area contributed by atoms with Crippen LogP contribution in [0.25, 0.3) is 0 Å². The fourth-order valence-corrected chi connectivity index (χ4v) is 3.14. The fraction of sp³-hybridized carbons (Fsp3) is 0.737. The van der Waals surface area contributed by atoms with Crippen molar-refractivity contribution < 1.29 is 0 Å². The minimum Gasteiger partial charge on any atom is -0.298 e. The van der Waals surface area contributed by atoms with Gasteiger partial charge in [0.05, 0.1) is 5.69 Å². The van der Waals surface area contributed by atoms with Gasteiger partial charge >= 0.3 is 0 Å². The summed E-state index contributed by atoms with van der Waals surface area (Å²) in [5, 5.41) is 0. The van der Waals surface area contributed by atoms with Crippen LogP contribution >= 0.6 is 0 Å². The Bertz CT molecular complexity index is 435. The van der Waals surface area contributed by atoms with E-state index in [0.29, 0.717) is 12.1 Å². The molecular weight excluding hydrogens is 284 g/mol. The van der Waals surface area contributed by atoms with Crippen LogP contribution < -0.4 is 0 Å². The smallest absolute Gasteiger partial charge is 0.0544 e. The van der Waals surface area contributed by atoms with E-state index in [2.05, 4.69) is 66.4 Å². The van der Waals surface area contributed by atoms with Crippen LogP contribution in [0.15, 0.2) is 18.3 Å². The largest absolute Gasteiger partial charge is 0.298 e. The zero-order valence-electron chi connectivity index (χ0n) is 15.6. The molecule has 0 atom stereocenters. The van der Waals surface area contributed by atoms with Crippen LogP contribution in [-0.4, -0.2) is 71.0 Å². The number of aryl methyl sites for hydroxylation is 1. The molecule has 4 nitrogen and oxygen atoms in total. The highest BCUT2D eigenvalue weighted by Crippen LogP contribution is 2.09. The average Bonchev–Trinajstić information content (AvgIpc) is 2.60. The second kappa shape index (κ2) is 8.76. The Kier molecular flexibility index (Phi) is 7.00. The molecule has 2 rings (SSSR count). The van der Waals surface area contributed by atoms with E-state index in [-0.39, 0.29) is 0 Å². The Morgan fingerprint density at radius 3 is 1.83 bits per heavy atom. The van der Waals surface area contributed by atoms with Gasteiger partial charge in [-0.3, -0.25) is 19.7 Å². The molecule has 2 heterocycles. The second-order valence-electron chi connectivity index (χ2n) is 7.36. The zero-order valence-corrected chi connectivity index (χ0v) is 15.6. The zero-order chi connectivity index (χ0) is 16.8. The summed E-state index contributed by atoms with van der Waals surface area (Å²) in [6.07, 6.45) is 1.98. The summed E-state index contributed by atoms with van der Waals surface area (Å²) in [5.41, 5.74) is 2.41. The maximum absolute atomic E-state index is 4.59. The molecule has 0 unspecified atom stereocenters. The first-order valence-corrected chi connectivity index (χ1v) is 9.07. The van der Waals surface area contributed by atoms with Gasteiger partial charge in [0.1, 0.15) is 0 Å². The molecule has 0 saturated carbocycles. The molecule has 0 aromatic carbocycles. The first kappa shape index (κ1) is 18.4. The quantitative estimate of drug-likeness (QED) is 0.851. The van der Waals surface area contributed by atoms with Crippen molar-refractivity contribution in [2.24, 2.45) is 0 Å². The van der Waals surface area contributed by atoms with Gasteiger partial charge in [0.25, 0.3) is 0 Å². The molecule has 0 radical (unpaired) electrons. The summed E-state index contributed by atoms with van der Waals surface area (Å²) in [7, 11) is 0. The lowest BCUT2D eigenvalue weighted by Crippen LogP contribution is -2.41. The number of pyridine rings is 1. The SMILES string of the molecule is Cc1ccc(CN2CCN(C(C)C)CCN(C(C)C)CC2)nc1. The minimum absolute atomic E-state index is 0.612. The molecule has 1 saturated heterocycles. The monoisotopic (exact) mass is 318 g/mol. The molecule has 0 aliphatic carbocycles. The second-order valence-corrected chi connectivity index (χ2v) is 7.36. The van der Waals surface area contributed by atoms with Crippen molar-refractivity contribution in [2.45, 2.75) is 53.2 Å². The number of hydrogen-bond donors (Lipinski definition) is 0. The highest BCUT2D eigenvalue weighted by Gasteiger charge is 2.19. The Balaban J connectivity index is 2.03. The third-order valence-corrected chi connectivity index (χ3v) is 4.90. The van der Waals surface area contributed by atoms with Crippen LogP contribution in [0.2, 0.25) is 0 Å². The van der Waals surface area contributed by atoms with Gasteiger partial charge in [-0.25, -0.2) is 0 Å². The van der Waals surface area contributed by atoms with Gasteiger partial charge in [0.15, 0.2) is 0 Å². The van der Waals surface area contributed by atoms with E-state index in [1.54, 1.807) is 0 Å². The van der Waals surface area contributed by atoms with Crippen molar-refractivity contribution >= 4 is 0 Å². The van der Waals surface area contributed by atoms with Gasteiger partial charge in [-0.05, 0) is 46.2 Å². The fourth-order valence-electron chi connectivity index (χ4n) is 3.14. The van der Waals surface area contributed by atoms with Crippen LogP contribution in [0.3, 0.4) is 0 Å². The van der Waals surface area contributed by atoms with Crippen LogP contribution in [0, 0.1) is 6.92 Å². The van der Waals surface area contributed by atoms with Crippen molar-refractivity contribution in [3.05, 3.63) is 29.6 Å². The molecule has 1 aromatic heterocycles. The third-order valence-electron chi connectivity index (χ3n) is 4.90. The predicted molar refractivity (Wildman–Crippen MR) is 97.7 cm³/mol. The maximum atomic E-state index is 4.59. The van der Waals surface area contributed by atoms with Crippen molar-refractivity contribution in [3.8, 4) is 0 Å². The average molecular weight is 319 g/mol. The van der Waals surface area contributed by atoms with Gasteiger partial charge in [-0.1, -0.05) is 6.07 Å². The molecule has 1 fully saturated rings. The highest BCUT2D eigenvalue weighted by atomic mass is 15.3. The van der Waals surface area contributed by atoms with Crippen molar-refractivity contribution in [1.82, 2.24) is 19.7 Å². The normalized spacial score (nSPS) is 19.8. The number of hydrogen-bond acceptors (Lipinski definition) is 4. The molecule has 4 heteroatoms. The minimum atomic E-state index is 0.612. The topological polar surface area (TPSA) is 22.6 Å². The molecule has 1 aliphatic rings. The Labute approximate surface area is 142 Å². The van der Waals surface area contributed by atoms with E-state index in [0.717, 1.165) is 32.7 Å². The number of nitrogens with zero attached hydrogens (tertiary/aromatic N) is 4. The van der Waals surface area contributed by atoms with Crippen LogP contribution in [0.5, 0.6) is 0 Å². The Morgan fingerprint density at radius 2 is 1.39 bits per heavy atom. The van der Waals surface area contributed by atoms with E-state index in [9.17, 15) is 0 Å². The van der Waals surface area contributed by atoms with Crippen molar-refractivity contribution in [2.75, 3.05) is 39.3 Å². The molecule has 0 spiro atoms. The van der Waals surface area contributed by atoms with E-state index in [1.165, 1.54) is 24.3 Å². The first-order valence-electron chi connectivity index (χ1n) is 9.07. The maximum Gasteiger partial charge on any atom is 0.0544 e. The molecule has 1 aliphatic heterocycles. The van der Waals surface area contributed by atoms with E-state index in [4.69, 9.17) is 0 Å². The summed E-state index contributed by atoms with van der Waals surface area (Å²) in [6, 6.07) is 5.56. The van der Waals surface area contributed by atoms with Gasteiger partial charge < -0.3 is 0 Å². The van der Waals surface area contributed by atoms with Gasteiger partial charge in [-0.15, -0.1) is 0 Å². The van der Waals surface area contributed by atoms with Gasteiger partial charge in [0.2, 0.25) is 0 Å². The molecule has 130 valence electrons. The Morgan fingerprint density at radius 1 is 0.870 bits per heavy atom. The number of rotatable bonds is 4. The van der Waals surface area contributed by atoms with Gasteiger partial charge in [0, 0.05) is 64.1 Å². The molecule has 23 heavy (non-hydrogen) atoms. The first-order chi connectivity index (χ1) is 11.0. The van der Waals surface area contributed by atoms with Gasteiger partial charge in [-0.2, -0.15) is 0 Å². The van der Waals surface area contributed by atoms with E-state index < -0.39 is 0 Å². The Hall–Kier alpha value is -0.970. The lowest BCUT2D eigenvalue weighted by Gasteiger charge is -2.30. The molecule has 0 bridgehead atoms. The van der Waals surface area contributed by atoms with E-state index in [1.807, 2.05) is 6.20 Å². The van der Waals surface area contributed by atoms with Crippen molar-refractivity contribution in [1.29, 1.82) is 0 Å². The lowest BCUT2D eigenvalue weighted by atomic mass is 10.2. The van der Waals surface area contributed by atoms with Crippen LogP contribution in [-0.2, 0) is 6.54 Å². The summed E-state index contributed by atoms with van der Waals surface area (Å²) in [5.74, 6) is 0. The highest BCUT2D eigenvalue weighted by molar-refractivity contribution is 5.12. The molecule has 1 aromatic rings. The van der Waals surface area contributed by atoms with Crippen LogP contribution in [0.1, 0.15) is 39.0 Å². The standard InChI is InChI=1S/C19H34N4/c1-16(2)22-10-8-21(9-11-23(13-12-22)17(3)4)15-19-7-6-18(5)14-20-19/h6-7,14,16-17H,8-13,15H2,1-5H3. The summed E-state index contributed by atoms with van der Waals surface area (Å²) in [4.78, 5) is 12.4. The molecule has 0 N–H and O–H groups in total. The van der Waals surface area contributed by atoms with Crippen molar-refractivity contribution in [3.63, 3.8) is 0 Å². The van der Waals surface area contributed by atoms with Crippen LogP contribution in [0.4, 0.5) is 0 Å².